The van der Waals surface area contributed by atoms with Crippen molar-refractivity contribution in [3.05, 3.63) is 125 Å². The Morgan fingerprint density at radius 1 is 0.511 bits per heavy atom. The minimum absolute atomic E-state index is 0.0141. The molecule has 18 aliphatic rings. The van der Waals surface area contributed by atoms with Crippen LogP contribution in [0.4, 0.5) is 14.4 Å². The Balaban J connectivity index is 0.000000168. The molecule has 141 heavy (non-hydrogen) atoms. The van der Waals surface area contributed by atoms with Gasteiger partial charge in [-0.25, -0.2) is 24.0 Å². The number of nitriles is 2. The van der Waals surface area contributed by atoms with Crippen molar-refractivity contribution in [2.45, 2.75) is 248 Å². The molecule has 6 unspecified atom stereocenters. The van der Waals surface area contributed by atoms with E-state index in [1.54, 1.807) is 52.1 Å². The second-order valence-corrected chi connectivity index (χ2v) is 45.0. The fourth-order valence-electron chi connectivity index (χ4n) is 25.4. The van der Waals surface area contributed by atoms with E-state index in [0.29, 0.717) is 153 Å². The van der Waals surface area contributed by atoms with E-state index in [-0.39, 0.29) is 144 Å². The number of rotatable bonds is 17. The Morgan fingerprint density at radius 2 is 0.950 bits per heavy atom. The summed E-state index contributed by atoms with van der Waals surface area (Å²) in [5, 5.41) is 76.7. The minimum atomic E-state index is -1.49. The molecule has 8 fully saturated rings. The number of aryl methyl sites for hydroxylation is 2. The molecule has 6 aromatic carbocycles. The fourth-order valence-corrected chi connectivity index (χ4v) is 31.8. The number of aromatic hydroxyl groups is 3. The van der Waals surface area contributed by atoms with Gasteiger partial charge < -0.3 is 103 Å². The lowest BCUT2D eigenvalue weighted by atomic mass is 9.71. The molecule has 748 valence electrons. The highest BCUT2D eigenvalue weighted by Gasteiger charge is 2.66. The molecular formula is C101H116N12O24S4. The molecule has 36 nitrogen and oxygen atoms in total. The number of ether oxygens (including phenoxy) is 14. The first-order valence-corrected chi connectivity index (χ1v) is 52.4. The van der Waals surface area contributed by atoms with Crippen molar-refractivity contribution < 1.29 is 115 Å². The first-order chi connectivity index (χ1) is 67.8. The highest BCUT2D eigenvalue weighted by molar-refractivity contribution is 8.00. The molecule has 20 atom stereocenters. The second kappa shape index (κ2) is 37.3. The number of esters is 4. The summed E-state index contributed by atoms with van der Waals surface area (Å²) in [6.07, 6.45) is 5.64. The Labute approximate surface area is 832 Å². The molecule has 6 aromatic rings. The number of nitrogens with one attached hydrogen (secondary N) is 6. The molecule has 0 aliphatic carbocycles. The lowest BCUT2D eigenvalue weighted by Crippen LogP contribution is -2.69. The van der Waals surface area contributed by atoms with E-state index < -0.39 is 106 Å². The Bertz CT molecular complexity index is 6270. The van der Waals surface area contributed by atoms with Gasteiger partial charge in [0, 0.05) is 128 Å². The predicted octanol–water partition coefficient (Wildman–Crippen LogP) is 11.0. The Hall–Kier alpha value is -11.1. The Morgan fingerprint density at radius 3 is 1.38 bits per heavy atom. The van der Waals surface area contributed by atoms with Crippen LogP contribution in [0.2, 0.25) is 0 Å². The number of urea groups is 2. The molecule has 40 heteroatoms. The lowest BCUT2D eigenvalue weighted by molar-refractivity contribution is -0.158. The molecule has 18 aliphatic heterocycles. The number of fused-ring (bicyclic) bond motifs is 20. The maximum Gasteiger partial charge on any atom is 0.514 e. The van der Waals surface area contributed by atoms with Crippen molar-refractivity contribution in [3.8, 4) is 92.6 Å². The average Bonchev–Trinajstić information content (AvgIpc) is 1.54. The van der Waals surface area contributed by atoms with Crippen LogP contribution in [0.5, 0.6) is 80.5 Å². The van der Waals surface area contributed by atoms with Crippen LogP contribution < -0.4 is 84.0 Å². The summed E-state index contributed by atoms with van der Waals surface area (Å²) in [4.78, 5) is 105. The third kappa shape index (κ3) is 15.9. The van der Waals surface area contributed by atoms with Gasteiger partial charge in [-0.05, 0) is 183 Å². The average molecular weight is 2010 g/mol. The van der Waals surface area contributed by atoms with Crippen LogP contribution in [0.25, 0.3) is 0 Å². The van der Waals surface area contributed by atoms with E-state index in [1.165, 1.54) is 44.9 Å². The molecule has 2 spiro atoms. The highest BCUT2D eigenvalue weighted by atomic mass is 32.2. The van der Waals surface area contributed by atoms with Gasteiger partial charge in [0.1, 0.15) is 42.4 Å². The van der Waals surface area contributed by atoms with E-state index in [2.05, 4.69) is 63.6 Å². The van der Waals surface area contributed by atoms with Crippen LogP contribution in [-0.2, 0) is 70.1 Å². The van der Waals surface area contributed by atoms with Crippen molar-refractivity contribution in [2.24, 2.45) is 0 Å². The van der Waals surface area contributed by atoms with Crippen LogP contribution in [0, 0.1) is 50.4 Å². The molecule has 24 rings (SSSR count). The quantitative estimate of drug-likeness (QED) is 0.0102. The number of unbranched alkanes of at least 4 members (excludes halogenated alkanes) is 2. The van der Waals surface area contributed by atoms with E-state index >= 15 is 9.59 Å². The topological polar surface area (TPSA) is 442 Å². The summed E-state index contributed by atoms with van der Waals surface area (Å²) in [5.74, 6) is 3.63. The predicted molar refractivity (Wildman–Crippen MR) is 518 cm³/mol. The van der Waals surface area contributed by atoms with Crippen LogP contribution in [-0.4, -0.2) is 259 Å². The first kappa shape index (κ1) is 96.1. The summed E-state index contributed by atoms with van der Waals surface area (Å²) in [5.41, 5.74) is 7.50. The molecule has 8 saturated heterocycles. The van der Waals surface area contributed by atoms with Gasteiger partial charge in [0.15, 0.2) is 80.1 Å². The number of carbonyl (C=O) groups is 7. The van der Waals surface area contributed by atoms with Gasteiger partial charge in [-0.2, -0.15) is 34.0 Å². The molecule has 4 amide bonds. The molecule has 0 radical (unpaired) electrons. The van der Waals surface area contributed by atoms with Crippen LogP contribution in [0.3, 0.4) is 0 Å². The number of phenolic OH excluding ortho intramolecular Hbond substituents is 3. The van der Waals surface area contributed by atoms with Gasteiger partial charge in [0.2, 0.25) is 13.6 Å². The standard InChI is InChI=1S/C53H62N6O13S2.C48H54N6O11S2/c1-24-15-27-16-30-31(19-54)59-32-20-67-49(62)53(28-18-33(65-7)34(17-26(28)13-14-55-53)70-51(64)72-52(3,4)5)22-74-48(42(59)41(58(30)6)37(27)43(61)44(24)66-8)39-38(32)47-46(68-23-69-47)25(2)45(39)71-36(60)12-10-9-11-35-40-29(21-73-35)56-50(63)57-40;1-21-12-24-13-27-28(16-49)54-29-17-62-46(58)48(25-15-31(60-4)30(55)14-23(25)10-11-50-48)19-67-45(39(54)38(53(27)3)34(24)40(57)41(21)61-5)36-35(29)44-43(63-20-64-44)22(2)42(36)65-33(56)9-7-6-8-32-37-26(18-66-32)51-47(59)52-37/h15,17-18,29-32,35,40-42,48,55,61H,9-14,16,20-23H2,1-8H3,(H2,56,57,63);12,14-15,26-29,32,37-39,45,50,55,57H,6-11,13,17-20H2,1-5H3,(H2,51,52,59)/t29?,30-,31-,32-,35-,40?,41+,42?,48+,53+;26?,27-,28-,29-,32-,37?,38+,39?,45+,48+/m00/s1. The highest BCUT2D eigenvalue weighted by Crippen LogP contribution is 2.69. The third-order valence-electron chi connectivity index (χ3n) is 31.5. The summed E-state index contributed by atoms with van der Waals surface area (Å²) in [7, 11) is 9.98. The van der Waals surface area contributed by atoms with E-state index in [1.807, 2.05) is 77.4 Å². The number of phenols is 3. The van der Waals surface area contributed by atoms with Crippen LogP contribution >= 0.6 is 47.0 Å². The molecule has 0 aromatic heterocycles. The van der Waals surface area contributed by atoms with Gasteiger partial charge in [-0.15, -0.1) is 23.5 Å². The zero-order valence-corrected chi connectivity index (χ0v) is 83.9. The summed E-state index contributed by atoms with van der Waals surface area (Å²) < 4.78 is 85.9. The van der Waals surface area contributed by atoms with Gasteiger partial charge in [0.25, 0.3) is 0 Å². The van der Waals surface area contributed by atoms with E-state index in [0.717, 1.165) is 70.6 Å². The van der Waals surface area contributed by atoms with E-state index in [9.17, 15) is 49.8 Å². The SMILES string of the molecule is COc1cc2c(cc1O)CCN[C@]21CS[C@@H]2c3c(OC(=O)CCCC[C@@H]4SCC5NC(=O)NC54)c(C)c4c(c3[C@H](COC1=O)N1C2[C@H]2c3c(cc(C)c(OC)c3O)C[C@@H]([C@@H]1C#N)N2C)OCO4.COc1cc2c(cc1OC(=O)OC(C)(C)C)CCN[C@]21CS[C@@H]2c3c(OC(=O)CCCC[C@@H]4SCC5NC(=O)NC54)c(C)c4c(c3[C@H](COC1=O)N1C2[C@H]2c3c(cc(C)c(OC)c3O)C[C@@H]([C@@H]1C#N)N2C)OCO4. The van der Waals surface area contributed by atoms with Crippen LogP contribution in [0.1, 0.15) is 196 Å². The van der Waals surface area contributed by atoms with E-state index in [4.69, 9.17) is 66.3 Å². The molecule has 0 saturated carbocycles. The normalized spacial score (nSPS) is 30.1. The largest absolute Gasteiger partial charge is 0.514 e. The summed E-state index contributed by atoms with van der Waals surface area (Å²) in [6.45, 7) is 12.9. The minimum Gasteiger partial charge on any atom is -0.504 e. The Kier molecular flexibility index (Phi) is 25.4. The van der Waals surface area contributed by atoms with Crippen molar-refractivity contribution in [1.82, 2.24) is 51.5 Å². The third-order valence-corrected chi connectivity index (χ3v) is 37.5. The maximum absolute atomic E-state index is 15.3. The molecule has 18 heterocycles. The van der Waals surface area contributed by atoms with Gasteiger partial charge in [0.05, 0.1) is 99.4 Å². The van der Waals surface area contributed by atoms with Gasteiger partial charge >= 0.3 is 42.1 Å². The number of piperazine rings is 2. The van der Waals surface area contributed by atoms with Crippen molar-refractivity contribution >= 4 is 89.1 Å². The maximum atomic E-state index is 15.3. The molecule has 9 N–H and O–H groups in total. The zero-order valence-electron chi connectivity index (χ0n) is 80.6. The smallest absolute Gasteiger partial charge is 0.504 e. The van der Waals surface area contributed by atoms with Crippen molar-refractivity contribution in [2.75, 3.05) is 105 Å². The van der Waals surface area contributed by atoms with Crippen molar-refractivity contribution in [1.29, 1.82) is 10.5 Å². The van der Waals surface area contributed by atoms with Gasteiger partial charge in [-0.3, -0.25) is 39.8 Å². The number of benzene rings is 6. The fraction of sp³-hybridized carbons (Fsp3) is 0.554. The van der Waals surface area contributed by atoms with Crippen molar-refractivity contribution in [3.63, 3.8) is 0 Å². The number of amides is 4. The number of hydrogen-bond acceptors (Lipinski definition) is 36. The number of methoxy groups -OCH3 is 4. The second-order valence-electron chi connectivity index (χ2n) is 40.2. The van der Waals surface area contributed by atoms with Crippen LogP contribution in [0.15, 0.2) is 36.4 Å². The molecule has 8 bridgehead atoms. The number of hydrogen-bond donors (Lipinski definition) is 9. The molecular weight excluding hydrogens is 1890 g/mol. The zero-order chi connectivity index (χ0) is 98.7. The summed E-state index contributed by atoms with van der Waals surface area (Å²) in [6, 6.07) is 10.3. The number of likely N-dealkylation sites (N-methyl/N-ethyl adjacent to an activating group) is 2. The number of carbonyl (C=O) groups excluding carboxylic acids is 7. The number of nitrogens with zero attached hydrogens (tertiary/aromatic N) is 6. The number of thioether (sulfide) groups is 4. The van der Waals surface area contributed by atoms with Gasteiger partial charge in [-0.1, -0.05) is 25.0 Å². The monoisotopic (exact) mass is 2010 g/mol. The first-order valence-electron chi connectivity index (χ1n) is 48.2. The summed E-state index contributed by atoms with van der Waals surface area (Å²) >= 11 is 6.62. The lowest BCUT2D eigenvalue weighted by Gasteiger charge is -2.62.